The van der Waals surface area contributed by atoms with Gasteiger partial charge in [-0.25, -0.2) is 4.98 Å². The molecule has 1 amide bonds. The SMILES string of the molecule is COc1ccc(-c2nc3cc(NC(=O)c4cccs4)ccc3o2)cc1. The van der Waals surface area contributed by atoms with Crippen molar-refractivity contribution in [2.45, 2.75) is 0 Å². The van der Waals surface area contributed by atoms with Crippen LogP contribution in [0.3, 0.4) is 0 Å². The van der Waals surface area contributed by atoms with Crippen molar-refractivity contribution in [2.75, 3.05) is 12.4 Å². The number of aromatic nitrogens is 1. The van der Waals surface area contributed by atoms with Crippen molar-refractivity contribution in [3.05, 3.63) is 64.9 Å². The summed E-state index contributed by atoms with van der Waals surface area (Å²) < 4.78 is 11.0. The second-order valence-corrected chi connectivity index (χ2v) is 6.31. The van der Waals surface area contributed by atoms with E-state index >= 15 is 0 Å². The summed E-state index contributed by atoms with van der Waals surface area (Å²) in [5, 5.41) is 4.75. The molecule has 0 unspecified atom stereocenters. The zero-order chi connectivity index (χ0) is 17.2. The second kappa shape index (κ2) is 6.41. The van der Waals surface area contributed by atoms with Gasteiger partial charge in [0.15, 0.2) is 5.58 Å². The number of nitrogens with one attached hydrogen (secondary N) is 1. The summed E-state index contributed by atoms with van der Waals surface area (Å²) >= 11 is 1.40. The van der Waals surface area contributed by atoms with E-state index in [2.05, 4.69) is 10.3 Å². The molecule has 25 heavy (non-hydrogen) atoms. The first-order valence-electron chi connectivity index (χ1n) is 7.63. The maximum Gasteiger partial charge on any atom is 0.265 e. The van der Waals surface area contributed by atoms with Gasteiger partial charge < -0.3 is 14.5 Å². The summed E-state index contributed by atoms with van der Waals surface area (Å²) in [6, 6.07) is 16.5. The van der Waals surface area contributed by atoms with Gasteiger partial charge in [0, 0.05) is 11.3 Å². The van der Waals surface area contributed by atoms with E-state index < -0.39 is 0 Å². The van der Waals surface area contributed by atoms with Crippen LogP contribution in [0.5, 0.6) is 5.75 Å². The first-order chi connectivity index (χ1) is 12.2. The van der Waals surface area contributed by atoms with Crippen molar-refractivity contribution < 1.29 is 13.9 Å². The molecule has 6 heteroatoms. The lowest BCUT2D eigenvalue weighted by Gasteiger charge is -2.02. The molecule has 4 rings (SSSR count). The molecular formula is C19H14N2O3S. The van der Waals surface area contributed by atoms with Crippen LogP contribution in [-0.4, -0.2) is 18.0 Å². The normalized spacial score (nSPS) is 10.8. The van der Waals surface area contributed by atoms with E-state index in [1.165, 1.54) is 11.3 Å². The minimum absolute atomic E-state index is 0.131. The predicted octanol–water partition coefficient (Wildman–Crippen LogP) is 4.82. The van der Waals surface area contributed by atoms with Crippen LogP contribution in [0.15, 0.2) is 64.4 Å². The Labute approximate surface area is 147 Å². The number of oxazole rings is 1. The van der Waals surface area contributed by atoms with Crippen molar-refractivity contribution >= 4 is 34.0 Å². The van der Waals surface area contributed by atoms with Crippen LogP contribution >= 0.6 is 11.3 Å². The minimum Gasteiger partial charge on any atom is -0.497 e. The number of carbonyl (C=O) groups is 1. The number of rotatable bonds is 4. The van der Waals surface area contributed by atoms with Gasteiger partial charge in [-0.3, -0.25) is 4.79 Å². The van der Waals surface area contributed by atoms with Crippen LogP contribution in [0.4, 0.5) is 5.69 Å². The van der Waals surface area contributed by atoms with Gasteiger partial charge in [-0.1, -0.05) is 6.07 Å². The summed E-state index contributed by atoms with van der Waals surface area (Å²) in [7, 11) is 1.63. The van der Waals surface area contributed by atoms with E-state index in [4.69, 9.17) is 9.15 Å². The Morgan fingerprint density at radius 2 is 2.00 bits per heavy atom. The Kier molecular flexibility index (Phi) is 3.95. The molecule has 124 valence electrons. The Bertz CT molecular complexity index is 1020. The predicted molar refractivity (Wildman–Crippen MR) is 98.3 cm³/mol. The van der Waals surface area contributed by atoms with Gasteiger partial charge in [0.25, 0.3) is 5.91 Å². The number of benzene rings is 2. The fourth-order valence-corrected chi connectivity index (χ4v) is 3.08. The monoisotopic (exact) mass is 350 g/mol. The lowest BCUT2D eigenvalue weighted by molar-refractivity contribution is 0.103. The molecule has 2 aromatic carbocycles. The third-order valence-corrected chi connectivity index (χ3v) is 4.60. The van der Waals surface area contributed by atoms with Crippen LogP contribution < -0.4 is 10.1 Å². The Morgan fingerprint density at radius 3 is 2.72 bits per heavy atom. The highest BCUT2D eigenvalue weighted by atomic mass is 32.1. The maximum atomic E-state index is 12.1. The molecule has 5 nitrogen and oxygen atoms in total. The van der Waals surface area contributed by atoms with Crippen LogP contribution in [0.25, 0.3) is 22.6 Å². The summed E-state index contributed by atoms with van der Waals surface area (Å²) in [5.74, 6) is 1.17. The number of thiophene rings is 1. The van der Waals surface area contributed by atoms with Gasteiger partial charge in [0.1, 0.15) is 11.3 Å². The first kappa shape index (κ1) is 15.4. The van der Waals surface area contributed by atoms with Crippen LogP contribution in [-0.2, 0) is 0 Å². The van der Waals surface area contributed by atoms with E-state index in [0.717, 1.165) is 11.3 Å². The number of carbonyl (C=O) groups excluding carboxylic acids is 1. The average Bonchev–Trinajstić information content (AvgIpc) is 3.31. The molecule has 2 aromatic heterocycles. The molecule has 0 aliphatic carbocycles. The molecule has 0 radical (unpaired) electrons. The molecule has 0 atom stereocenters. The van der Waals surface area contributed by atoms with Crippen molar-refractivity contribution in [3.63, 3.8) is 0 Å². The average molecular weight is 350 g/mol. The number of hydrogen-bond acceptors (Lipinski definition) is 5. The van der Waals surface area contributed by atoms with Crippen LogP contribution in [0, 0.1) is 0 Å². The number of fused-ring (bicyclic) bond motifs is 1. The Morgan fingerprint density at radius 1 is 1.16 bits per heavy atom. The van der Waals surface area contributed by atoms with Crippen molar-refractivity contribution in [3.8, 4) is 17.2 Å². The number of amides is 1. The van der Waals surface area contributed by atoms with Gasteiger partial charge in [0.2, 0.25) is 5.89 Å². The third-order valence-electron chi connectivity index (χ3n) is 3.73. The van der Waals surface area contributed by atoms with Crippen LogP contribution in [0.1, 0.15) is 9.67 Å². The molecular weight excluding hydrogens is 336 g/mol. The topological polar surface area (TPSA) is 64.4 Å². The number of ether oxygens (including phenoxy) is 1. The lowest BCUT2D eigenvalue weighted by Crippen LogP contribution is -2.09. The lowest BCUT2D eigenvalue weighted by atomic mass is 10.2. The largest absolute Gasteiger partial charge is 0.497 e. The van der Waals surface area contributed by atoms with Gasteiger partial charge in [-0.15, -0.1) is 11.3 Å². The van der Waals surface area contributed by atoms with E-state index in [1.807, 2.05) is 35.7 Å². The van der Waals surface area contributed by atoms with E-state index in [-0.39, 0.29) is 5.91 Å². The van der Waals surface area contributed by atoms with Crippen molar-refractivity contribution in [1.29, 1.82) is 0 Å². The Hall–Kier alpha value is -3.12. The summed E-state index contributed by atoms with van der Waals surface area (Å²) in [6.45, 7) is 0. The summed E-state index contributed by atoms with van der Waals surface area (Å²) in [5.41, 5.74) is 2.90. The standard InChI is InChI=1S/C19H14N2O3S/c1-23-14-7-4-12(5-8-14)19-21-15-11-13(6-9-16(15)24-19)20-18(22)17-3-2-10-25-17/h2-11H,1H3,(H,20,22). The molecule has 4 aromatic rings. The zero-order valence-electron chi connectivity index (χ0n) is 13.4. The van der Waals surface area contributed by atoms with Gasteiger partial charge in [-0.05, 0) is 53.9 Å². The number of methoxy groups -OCH3 is 1. The van der Waals surface area contributed by atoms with E-state index in [9.17, 15) is 4.79 Å². The molecule has 0 bridgehead atoms. The highest BCUT2D eigenvalue weighted by Crippen LogP contribution is 2.27. The van der Waals surface area contributed by atoms with Gasteiger partial charge in [-0.2, -0.15) is 0 Å². The molecule has 0 aliphatic heterocycles. The van der Waals surface area contributed by atoms with Gasteiger partial charge >= 0.3 is 0 Å². The molecule has 0 saturated carbocycles. The van der Waals surface area contributed by atoms with E-state index in [0.29, 0.717) is 27.6 Å². The molecule has 0 saturated heterocycles. The highest BCUT2D eigenvalue weighted by molar-refractivity contribution is 7.12. The summed E-state index contributed by atoms with van der Waals surface area (Å²) in [4.78, 5) is 17.3. The molecule has 0 aliphatic rings. The number of nitrogens with zero attached hydrogens (tertiary/aromatic N) is 1. The highest BCUT2D eigenvalue weighted by Gasteiger charge is 2.11. The number of hydrogen-bond donors (Lipinski definition) is 1. The van der Waals surface area contributed by atoms with Crippen molar-refractivity contribution in [2.24, 2.45) is 0 Å². The van der Waals surface area contributed by atoms with Crippen molar-refractivity contribution in [1.82, 2.24) is 4.98 Å². The second-order valence-electron chi connectivity index (χ2n) is 5.36. The fourth-order valence-electron chi connectivity index (χ4n) is 2.46. The maximum absolute atomic E-state index is 12.1. The zero-order valence-corrected chi connectivity index (χ0v) is 14.2. The molecule has 1 N–H and O–H groups in total. The fraction of sp³-hybridized carbons (Fsp3) is 0.0526. The minimum atomic E-state index is -0.131. The number of anilines is 1. The third kappa shape index (κ3) is 3.12. The quantitative estimate of drug-likeness (QED) is 0.573. The first-order valence-corrected chi connectivity index (χ1v) is 8.51. The Balaban J connectivity index is 1.61. The summed E-state index contributed by atoms with van der Waals surface area (Å²) in [6.07, 6.45) is 0. The molecule has 0 spiro atoms. The smallest absolute Gasteiger partial charge is 0.265 e. The van der Waals surface area contributed by atoms with Gasteiger partial charge in [0.05, 0.1) is 12.0 Å². The molecule has 0 fully saturated rings. The van der Waals surface area contributed by atoms with Crippen LogP contribution in [0.2, 0.25) is 0 Å². The van der Waals surface area contributed by atoms with E-state index in [1.54, 1.807) is 31.4 Å². The molecule has 2 heterocycles.